The van der Waals surface area contributed by atoms with Gasteiger partial charge in [0.15, 0.2) is 0 Å². The van der Waals surface area contributed by atoms with Crippen LogP contribution in [0.3, 0.4) is 0 Å². The normalized spacial score (nSPS) is 11.8. The predicted molar refractivity (Wildman–Crippen MR) is 155 cm³/mol. The SMILES string of the molecule is Brc1ccc2c(c1)c1cc(Br)ccc1n2-c1cccc(-c2cccc3c2sc2ccccc23)c1. The van der Waals surface area contributed by atoms with Crippen LogP contribution in [0.5, 0.6) is 0 Å². The van der Waals surface area contributed by atoms with Gasteiger partial charge in [-0.2, -0.15) is 0 Å². The lowest BCUT2D eigenvalue weighted by molar-refractivity contribution is 1.18. The summed E-state index contributed by atoms with van der Waals surface area (Å²) in [4.78, 5) is 0. The standard InChI is InChI=1S/C30H17Br2NS/c31-19-11-13-27-25(16-19)26-17-20(32)12-14-28(26)33(27)21-6-3-5-18(15-21)22-8-4-9-24-23-7-1-2-10-29(23)34-30(22)24/h1-17H. The lowest BCUT2D eigenvalue weighted by atomic mass is 10.0. The third-order valence-corrected chi connectivity index (χ3v) is 8.72. The molecule has 5 aromatic carbocycles. The molecule has 34 heavy (non-hydrogen) atoms. The number of benzene rings is 5. The van der Waals surface area contributed by atoms with Crippen LogP contribution in [-0.2, 0) is 0 Å². The Bertz CT molecular complexity index is 1830. The van der Waals surface area contributed by atoms with Gasteiger partial charge in [-0.3, -0.25) is 0 Å². The minimum absolute atomic E-state index is 1.09. The first-order valence-electron chi connectivity index (χ1n) is 11.1. The Morgan fingerprint density at radius 2 is 1.24 bits per heavy atom. The van der Waals surface area contributed by atoms with Crippen molar-refractivity contribution in [3.05, 3.63) is 112 Å². The first kappa shape index (κ1) is 20.5. The van der Waals surface area contributed by atoms with E-state index in [4.69, 9.17) is 0 Å². The van der Waals surface area contributed by atoms with Gasteiger partial charge in [-0.1, -0.05) is 80.4 Å². The zero-order valence-corrected chi connectivity index (χ0v) is 21.9. The van der Waals surface area contributed by atoms with Crippen molar-refractivity contribution in [2.24, 2.45) is 0 Å². The summed E-state index contributed by atoms with van der Waals surface area (Å²) in [7, 11) is 0. The molecule has 0 unspecified atom stereocenters. The molecule has 2 heterocycles. The Hall–Kier alpha value is -2.92. The van der Waals surface area contributed by atoms with Crippen LogP contribution < -0.4 is 0 Å². The van der Waals surface area contributed by atoms with Crippen LogP contribution in [0, 0.1) is 0 Å². The van der Waals surface area contributed by atoms with E-state index in [0.29, 0.717) is 0 Å². The summed E-state index contributed by atoms with van der Waals surface area (Å²) in [6.45, 7) is 0. The van der Waals surface area contributed by atoms with E-state index in [2.05, 4.69) is 140 Å². The maximum atomic E-state index is 3.66. The summed E-state index contributed by atoms with van der Waals surface area (Å²) in [5.74, 6) is 0. The Morgan fingerprint density at radius 1 is 0.559 bits per heavy atom. The molecule has 0 bridgehead atoms. The number of fused-ring (bicyclic) bond motifs is 6. The van der Waals surface area contributed by atoms with E-state index in [0.717, 1.165) is 8.95 Å². The van der Waals surface area contributed by atoms with Gasteiger partial charge in [0.25, 0.3) is 0 Å². The summed E-state index contributed by atoms with van der Waals surface area (Å²) in [5.41, 5.74) is 6.09. The minimum atomic E-state index is 1.09. The number of nitrogens with zero attached hydrogens (tertiary/aromatic N) is 1. The summed E-state index contributed by atoms with van der Waals surface area (Å²) >= 11 is 9.20. The van der Waals surface area contributed by atoms with Gasteiger partial charge in [-0.05, 0) is 65.7 Å². The first-order valence-corrected chi connectivity index (χ1v) is 13.5. The van der Waals surface area contributed by atoms with Crippen LogP contribution in [0.15, 0.2) is 112 Å². The van der Waals surface area contributed by atoms with E-state index in [1.54, 1.807) is 0 Å². The minimum Gasteiger partial charge on any atom is -0.309 e. The van der Waals surface area contributed by atoms with Gasteiger partial charge in [0.05, 0.1) is 11.0 Å². The van der Waals surface area contributed by atoms with Gasteiger partial charge in [-0.15, -0.1) is 11.3 Å². The van der Waals surface area contributed by atoms with Crippen molar-refractivity contribution in [2.45, 2.75) is 0 Å². The highest BCUT2D eigenvalue weighted by molar-refractivity contribution is 9.10. The molecule has 1 nitrogen and oxygen atoms in total. The average Bonchev–Trinajstić information content (AvgIpc) is 3.39. The van der Waals surface area contributed by atoms with Crippen LogP contribution in [0.2, 0.25) is 0 Å². The molecule has 0 spiro atoms. The molecule has 4 heteroatoms. The van der Waals surface area contributed by atoms with Crippen molar-refractivity contribution in [1.82, 2.24) is 4.57 Å². The summed E-state index contributed by atoms with van der Waals surface area (Å²) in [5, 5.41) is 5.14. The zero-order valence-electron chi connectivity index (χ0n) is 17.9. The van der Waals surface area contributed by atoms with Crippen LogP contribution in [0.4, 0.5) is 0 Å². The van der Waals surface area contributed by atoms with Crippen molar-refractivity contribution < 1.29 is 0 Å². The van der Waals surface area contributed by atoms with Gasteiger partial charge in [0, 0.05) is 45.6 Å². The molecule has 0 fully saturated rings. The second-order valence-electron chi connectivity index (χ2n) is 8.49. The van der Waals surface area contributed by atoms with E-state index in [9.17, 15) is 0 Å². The monoisotopic (exact) mass is 581 g/mol. The molecule has 162 valence electrons. The summed E-state index contributed by atoms with van der Waals surface area (Å²) in [6, 6.07) is 37.3. The number of thiophene rings is 1. The molecule has 2 aromatic heterocycles. The molecule has 0 atom stereocenters. The molecular formula is C30H17Br2NS. The van der Waals surface area contributed by atoms with Crippen molar-refractivity contribution in [1.29, 1.82) is 0 Å². The summed E-state index contributed by atoms with van der Waals surface area (Å²) in [6.07, 6.45) is 0. The Kier molecular flexibility index (Phi) is 4.70. The largest absolute Gasteiger partial charge is 0.309 e. The van der Waals surface area contributed by atoms with Gasteiger partial charge < -0.3 is 4.57 Å². The molecule has 0 N–H and O–H groups in total. The van der Waals surface area contributed by atoms with E-state index >= 15 is 0 Å². The molecular weight excluding hydrogens is 566 g/mol. The fourth-order valence-corrected chi connectivity index (χ4v) is 6.99. The second-order valence-corrected chi connectivity index (χ2v) is 11.4. The molecule has 0 saturated heterocycles. The third kappa shape index (κ3) is 3.09. The predicted octanol–water partition coefficient (Wildman–Crippen LogP) is 10.3. The first-order chi connectivity index (χ1) is 16.7. The van der Waals surface area contributed by atoms with Crippen LogP contribution in [0.1, 0.15) is 0 Å². The fraction of sp³-hybridized carbons (Fsp3) is 0. The van der Waals surface area contributed by atoms with Crippen LogP contribution in [0.25, 0.3) is 58.8 Å². The number of halogens is 2. The summed E-state index contributed by atoms with van der Waals surface area (Å²) < 4.78 is 7.22. The third-order valence-electron chi connectivity index (χ3n) is 6.51. The fourth-order valence-electron chi connectivity index (χ4n) is 5.03. The van der Waals surface area contributed by atoms with Crippen molar-refractivity contribution in [2.75, 3.05) is 0 Å². The van der Waals surface area contributed by atoms with Crippen LogP contribution >= 0.6 is 43.2 Å². The Balaban J connectivity index is 1.50. The molecule has 0 aliphatic heterocycles. The highest BCUT2D eigenvalue weighted by atomic mass is 79.9. The van der Waals surface area contributed by atoms with Gasteiger partial charge >= 0.3 is 0 Å². The highest BCUT2D eigenvalue weighted by Gasteiger charge is 2.15. The molecule has 0 radical (unpaired) electrons. The van der Waals surface area contributed by atoms with E-state index in [1.165, 1.54) is 58.8 Å². The maximum absolute atomic E-state index is 3.66. The maximum Gasteiger partial charge on any atom is 0.0541 e. The average molecular weight is 583 g/mol. The second kappa shape index (κ2) is 7.81. The van der Waals surface area contributed by atoms with E-state index in [1.807, 2.05) is 11.3 Å². The molecule has 7 rings (SSSR count). The van der Waals surface area contributed by atoms with Gasteiger partial charge in [0.1, 0.15) is 0 Å². The number of aromatic nitrogens is 1. The van der Waals surface area contributed by atoms with Gasteiger partial charge in [0.2, 0.25) is 0 Å². The Labute approximate surface area is 217 Å². The topological polar surface area (TPSA) is 4.93 Å². The molecule has 0 aliphatic rings. The highest BCUT2D eigenvalue weighted by Crippen LogP contribution is 2.41. The molecule has 0 aliphatic carbocycles. The van der Waals surface area contributed by atoms with Crippen molar-refractivity contribution in [3.8, 4) is 16.8 Å². The number of hydrogen-bond acceptors (Lipinski definition) is 1. The van der Waals surface area contributed by atoms with E-state index < -0.39 is 0 Å². The Morgan fingerprint density at radius 3 is 2.00 bits per heavy atom. The quantitative estimate of drug-likeness (QED) is 0.191. The van der Waals surface area contributed by atoms with Crippen molar-refractivity contribution in [3.63, 3.8) is 0 Å². The molecule has 7 aromatic rings. The molecule has 0 amide bonds. The lowest BCUT2D eigenvalue weighted by Gasteiger charge is -2.11. The number of hydrogen-bond donors (Lipinski definition) is 0. The van der Waals surface area contributed by atoms with Gasteiger partial charge in [-0.25, -0.2) is 0 Å². The zero-order chi connectivity index (χ0) is 22.8. The number of rotatable bonds is 2. The molecule has 0 saturated carbocycles. The van der Waals surface area contributed by atoms with E-state index in [-0.39, 0.29) is 0 Å². The van der Waals surface area contributed by atoms with Crippen molar-refractivity contribution >= 4 is 85.2 Å². The van der Waals surface area contributed by atoms with Crippen LogP contribution in [-0.4, -0.2) is 4.57 Å². The lowest BCUT2D eigenvalue weighted by Crippen LogP contribution is -1.94. The smallest absolute Gasteiger partial charge is 0.0541 e.